The van der Waals surface area contributed by atoms with Gasteiger partial charge in [-0.2, -0.15) is 0 Å². The van der Waals surface area contributed by atoms with E-state index in [9.17, 15) is 0 Å². The Morgan fingerprint density at radius 3 is 2.42 bits per heavy atom. The Morgan fingerprint density at radius 2 is 1.73 bits per heavy atom. The molecule has 0 saturated carbocycles. The number of nitrogens with zero attached hydrogens (tertiary/aromatic N) is 2. The summed E-state index contributed by atoms with van der Waals surface area (Å²) in [5, 5.41) is 0.705. The summed E-state index contributed by atoms with van der Waals surface area (Å²) in [6.45, 7) is 3.62. The van der Waals surface area contributed by atoms with Gasteiger partial charge in [0.25, 0.3) is 0 Å². The third kappa shape index (κ3) is 2.69. The second-order valence-electron chi connectivity index (χ2n) is 5.54. The van der Waals surface area contributed by atoms with E-state index in [-0.39, 0.29) is 0 Å². The Kier molecular flexibility index (Phi) is 4.11. The normalized spacial score (nSPS) is 10.7. The van der Waals surface area contributed by atoms with Crippen LogP contribution >= 0.6 is 0 Å². The van der Waals surface area contributed by atoms with E-state index in [0.717, 1.165) is 22.4 Å². The smallest absolute Gasteiger partial charge is 0.234 e. The molecule has 0 aliphatic heterocycles. The van der Waals surface area contributed by atoms with Crippen LogP contribution in [0.2, 0.25) is 0 Å². The molecule has 0 aliphatic carbocycles. The van der Waals surface area contributed by atoms with Gasteiger partial charge in [-0.25, -0.2) is 9.97 Å². The van der Waals surface area contributed by atoms with Crippen LogP contribution in [-0.2, 0) is 0 Å². The summed E-state index contributed by atoms with van der Waals surface area (Å²) in [6, 6.07) is 17.6. The molecule has 4 rings (SSSR count). The summed E-state index contributed by atoms with van der Waals surface area (Å²) in [4.78, 5) is 8.51. The molecule has 0 unspecified atom stereocenters. The summed E-state index contributed by atoms with van der Waals surface area (Å²) in [6.07, 6.45) is 2.76. The average molecular weight is 344 g/mol. The lowest BCUT2D eigenvalue weighted by Gasteiger charge is -2.06. The minimum absolute atomic E-state index is 0.404. The van der Waals surface area contributed by atoms with Crippen LogP contribution in [-0.4, -0.2) is 17.1 Å². The van der Waals surface area contributed by atoms with E-state index in [1.54, 1.807) is 7.11 Å². The van der Waals surface area contributed by atoms with E-state index in [1.807, 2.05) is 54.6 Å². The fraction of sp³-hybridized carbons (Fsp3) is 0.0476. The van der Waals surface area contributed by atoms with Gasteiger partial charge in [-0.15, -0.1) is 0 Å². The zero-order valence-corrected chi connectivity index (χ0v) is 14.2. The Hall–Kier alpha value is -3.60. The van der Waals surface area contributed by atoms with Crippen molar-refractivity contribution in [3.63, 3.8) is 0 Å². The Morgan fingerprint density at radius 1 is 0.962 bits per heavy atom. The first kappa shape index (κ1) is 15.9. The number of benzene rings is 2. The zero-order valence-electron chi connectivity index (χ0n) is 14.2. The lowest BCUT2D eigenvalue weighted by Crippen LogP contribution is -1.90. The van der Waals surface area contributed by atoms with Crippen LogP contribution in [0.4, 0.5) is 0 Å². The van der Waals surface area contributed by atoms with Crippen molar-refractivity contribution in [3.05, 3.63) is 73.8 Å². The van der Waals surface area contributed by atoms with E-state index in [1.165, 1.54) is 12.6 Å². The molecule has 0 bridgehead atoms. The van der Waals surface area contributed by atoms with Crippen molar-refractivity contribution in [1.82, 2.24) is 9.97 Å². The number of hydrogen-bond acceptors (Lipinski definition) is 5. The highest BCUT2D eigenvalue weighted by Gasteiger charge is 2.22. The Bertz CT molecular complexity index is 1050. The first-order chi connectivity index (χ1) is 12.8. The van der Waals surface area contributed by atoms with Crippen molar-refractivity contribution in [2.45, 2.75) is 0 Å². The minimum atomic E-state index is 0.404. The molecule has 0 radical (unpaired) electrons. The summed E-state index contributed by atoms with van der Waals surface area (Å²) in [7, 11) is 1.64. The predicted molar refractivity (Wildman–Crippen MR) is 100 cm³/mol. The summed E-state index contributed by atoms with van der Waals surface area (Å²) < 4.78 is 16.9. The standard InChI is InChI=1S/C21H16N2O3/c1-3-25-20-18-17(14-9-11-16(24-2)12-10-14)19(15-7-5-4-6-8-15)26-21(18)23-13-22-20/h3-13H,1H2,2H3. The van der Waals surface area contributed by atoms with Gasteiger partial charge in [0.1, 0.15) is 23.2 Å². The summed E-state index contributed by atoms with van der Waals surface area (Å²) in [5.74, 6) is 1.89. The predicted octanol–water partition coefficient (Wildman–Crippen LogP) is 5.09. The molecule has 5 heteroatoms. The van der Waals surface area contributed by atoms with Crippen LogP contribution in [0.3, 0.4) is 0 Å². The average Bonchev–Trinajstić information content (AvgIpc) is 3.09. The number of methoxy groups -OCH3 is 1. The van der Waals surface area contributed by atoms with Crippen molar-refractivity contribution in [1.29, 1.82) is 0 Å². The lowest BCUT2D eigenvalue weighted by molar-refractivity contribution is 0.415. The van der Waals surface area contributed by atoms with E-state index in [2.05, 4.69) is 16.5 Å². The second kappa shape index (κ2) is 6.72. The second-order valence-corrected chi connectivity index (χ2v) is 5.54. The van der Waals surface area contributed by atoms with Crippen molar-refractivity contribution < 1.29 is 13.9 Å². The number of ether oxygens (including phenoxy) is 2. The van der Waals surface area contributed by atoms with Crippen molar-refractivity contribution >= 4 is 11.1 Å². The quantitative estimate of drug-likeness (QED) is 0.472. The van der Waals surface area contributed by atoms with E-state index in [0.29, 0.717) is 22.7 Å². The van der Waals surface area contributed by atoms with Crippen molar-refractivity contribution in [2.75, 3.05) is 7.11 Å². The summed E-state index contributed by atoms with van der Waals surface area (Å²) in [5.41, 5.74) is 3.22. The molecule has 5 nitrogen and oxygen atoms in total. The highest BCUT2D eigenvalue weighted by molar-refractivity contribution is 6.03. The highest BCUT2D eigenvalue weighted by Crippen LogP contribution is 2.43. The van der Waals surface area contributed by atoms with Crippen molar-refractivity contribution in [2.24, 2.45) is 0 Å². The van der Waals surface area contributed by atoms with Crippen LogP contribution in [0.1, 0.15) is 0 Å². The molecule has 2 aromatic carbocycles. The number of hydrogen-bond donors (Lipinski definition) is 0. The Labute approximate surface area is 150 Å². The van der Waals surface area contributed by atoms with E-state index >= 15 is 0 Å². The highest BCUT2D eigenvalue weighted by atomic mass is 16.5. The Balaban J connectivity index is 2.04. The van der Waals surface area contributed by atoms with Gasteiger partial charge >= 0.3 is 0 Å². The van der Waals surface area contributed by atoms with Crippen LogP contribution in [0.5, 0.6) is 11.6 Å². The van der Waals surface area contributed by atoms with E-state index < -0.39 is 0 Å². The molecule has 0 aliphatic rings. The molecule has 4 aromatic rings. The number of furan rings is 1. The van der Waals surface area contributed by atoms with Gasteiger partial charge in [-0.3, -0.25) is 0 Å². The molecule has 0 spiro atoms. The number of aromatic nitrogens is 2. The molecule has 128 valence electrons. The fourth-order valence-corrected chi connectivity index (χ4v) is 2.90. The van der Waals surface area contributed by atoms with Gasteiger partial charge in [-0.05, 0) is 17.7 Å². The van der Waals surface area contributed by atoms with Gasteiger partial charge in [0, 0.05) is 11.1 Å². The summed E-state index contributed by atoms with van der Waals surface area (Å²) >= 11 is 0. The topological polar surface area (TPSA) is 57.4 Å². The van der Waals surface area contributed by atoms with Gasteiger partial charge < -0.3 is 13.9 Å². The number of rotatable bonds is 5. The zero-order chi connectivity index (χ0) is 17.9. The molecule has 2 aromatic heterocycles. The van der Waals surface area contributed by atoms with Gasteiger partial charge in [-0.1, -0.05) is 49.0 Å². The lowest BCUT2D eigenvalue weighted by atomic mass is 9.99. The molecule has 0 saturated heterocycles. The van der Waals surface area contributed by atoms with Crippen LogP contribution in [0.15, 0.2) is 78.2 Å². The van der Waals surface area contributed by atoms with Crippen LogP contribution < -0.4 is 9.47 Å². The maximum Gasteiger partial charge on any atom is 0.234 e. The first-order valence-electron chi connectivity index (χ1n) is 8.06. The van der Waals surface area contributed by atoms with E-state index in [4.69, 9.17) is 13.9 Å². The molecule has 0 fully saturated rings. The maximum atomic E-state index is 6.09. The molecule has 0 amide bonds. The van der Waals surface area contributed by atoms with Crippen LogP contribution in [0, 0.1) is 0 Å². The SMILES string of the molecule is C=COc1ncnc2oc(-c3ccccc3)c(-c3ccc(OC)cc3)c12. The first-order valence-corrected chi connectivity index (χ1v) is 8.06. The van der Waals surface area contributed by atoms with Gasteiger partial charge in [0.15, 0.2) is 0 Å². The molecule has 0 atom stereocenters. The molecule has 0 N–H and O–H groups in total. The molecular formula is C21H16N2O3. The third-order valence-electron chi connectivity index (χ3n) is 4.06. The monoisotopic (exact) mass is 344 g/mol. The van der Waals surface area contributed by atoms with Crippen molar-refractivity contribution in [3.8, 4) is 34.1 Å². The van der Waals surface area contributed by atoms with Crippen LogP contribution in [0.25, 0.3) is 33.6 Å². The van der Waals surface area contributed by atoms with Gasteiger partial charge in [0.2, 0.25) is 11.6 Å². The fourth-order valence-electron chi connectivity index (χ4n) is 2.90. The largest absolute Gasteiger partial charge is 0.497 e. The third-order valence-corrected chi connectivity index (χ3v) is 4.06. The molecular weight excluding hydrogens is 328 g/mol. The maximum absolute atomic E-state index is 6.09. The minimum Gasteiger partial charge on any atom is -0.497 e. The number of fused-ring (bicyclic) bond motifs is 1. The van der Waals surface area contributed by atoms with Gasteiger partial charge in [0.05, 0.1) is 13.4 Å². The molecule has 2 heterocycles. The molecule has 26 heavy (non-hydrogen) atoms.